The summed E-state index contributed by atoms with van der Waals surface area (Å²) < 4.78 is 0. The van der Waals surface area contributed by atoms with E-state index in [1.54, 1.807) is 0 Å². The van der Waals surface area contributed by atoms with E-state index < -0.39 is 0 Å². The summed E-state index contributed by atoms with van der Waals surface area (Å²) in [6.45, 7) is 3.84. The van der Waals surface area contributed by atoms with E-state index in [4.69, 9.17) is 5.73 Å². The van der Waals surface area contributed by atoms with Crippen LogP contribution in [0.2, 0.25) is 0 Å². The highest BCUT2D eigenvalue weighted by Gasteiger charge is 2.30. The molecular formula is C16H20N4O. The summed E-state index contributed by atoms with van der Waals surface area (Å²) in [6.07, 6.45) is 1.14. The van der Waals surface area contributed by atoms with Crippen molar-refractivity contribution in [3.8, 4) is 0 Å². The number of carbonyl (C=O) groups excluding carboxylic acids is 1. The predicted octanol–water partition coefficient (Wildman–Crippen LogP) is 1.31. The average molecular weight is 284 g/mol. The van der Waals surface area contributed by atoms with Gasteiger partial charge in [0.05, 0.1) is 24.2 Å². The van der Waals surface area contributed by atoms with Crippen LogP contribution in [-0.2, 0) is 17.6 Å². The van der Waals surface area contributed by atoms with Gasteiger partial charge in [-0.05, 0) is 31.4 Å². The second-order valence-corrected chi connectivity index (χ2v) is 5.69. The zero-order chi connectivity index (χ0) is 15.0. The Hall–Kier alpha value is -2.14. The minimum absolute atomic E-state index is 0.00384. The molecule has 5 nitrogen and oxygen atoms in total. The van der Waals surface area contributed by atoms with Crippen LogP contribution in [0.5, 0.6) is 0 Å². The van der Waals surface area contributed by atoms with E-state index in [1.165, 1.54) is 5.56 Å². The summed E-state index contributed by atoms with van der Waals surface area (Å²) in [7, 11) is 0. The molecule has 1 aromatic heterocycles. The van der Waals surface area contributed by atoms with E-state index in [1.807, 2.05) is 32.0 Å². The van der Waals surface area contributed by atoms with Crippen molar-refractivity contribution in [3.63, 3.8) is 0 Å². The second-order valence-electron chi connectivity index (χ2n) is 5.69. The van der Waals surface area contributed by atoms with Gasteiger partial charge in [-0.25, -0.2) is 0 Å². The highest BCUT2D eigenvalue weighted by molar-refractivity contribution is 5.79. The van der Waals surface area contributed by atoms with Crippen LogP contribution in [-0.4, -0.2) is 22.1 Å². The smallest absolute Gasteiger partial charge is 0.224 e. The van der Waals surface area contributed by atoms with Gasteiger partial charge in [-0.3, -0.25) is 9.89 Å². The Labute approximate surface area is 123 Å². The molecular weight excluding hydrogens is 264 g/mol. The van der Waals surface area contributed by atoms with Crippen LogP contribution in [0.3, 0.4) is 0 Å². The highest BCUT2D eigenvalue weighted by Crippen LogP contribution is 2.29. The molecule has 110 valence electrons. The molecule has 4 N–H and O–H groups in total. The van der Waals surface area contributed by atoms with Gasteiger partial charge in [-0.1, -0.05) is 24.3 Å². The lowest BCUT2D eigenvalue weighted by Crippen LogP contribution is -2.41. The third-order valence-corrected chi connectivity index (χ3v) is 4.25. The van der Waals surface area contributed by atoms with Crippen molar-refractivity contribution in [1.29, 1.82) is 0 Å². The highest BCUT2D eigenvalue weighted by atomic mass is 16.1. The average Bonchev–Trinajstić information content (AvgIpc) is 2.94. The normalized spacial score (nSPS) is 20.3. The number of aromatic nitrogens is 2. The number of H-pyrrole nitrogens is 1. The number of fused-ring (bicyclic) bond motifs is 1. The standard InChI is InChI=1S/C16H20N4O/c1-9-13(10(2)20-19-9)8-15(21)18-14-7-11-5-3-4-6-12(11)16(14)17/h3-6,14,16H,7-8,17H2,1-2H3,(H,18,21)(H,19,20)/t14-,16-/m1/s1. The Bertz CT molecular complexity index is 657. The Kier molecular flexibility index (Phi) is 3.51. The number of aryl methyl sites for hydroxylation is 2. The van der Waals surface area contributed by atoms with Crippen molar-refractivity contribution in [2.45, 2.75) is 38.8 Å². The molecule has 1 amide bonds. The molecule has 1 aliphatic carbocycles. The number of aromatic amines is 1. The molecule has 0 aliphatic heterocycles. The summed E-state index contributed by atoms with van der Waals surface area (Å²) in [5.41, 5.74) is 11.4. The molecule has 2 atom stereocenters. The Morgan fingerprint density at radius 1 is 1.43 bits per heavy atom. The Morgan fingerprint density at radius 2 is 2.19 bits per heavy atom. The number of nitrogens with zero attached hydrogens (tertiary/aromatic N) is 1. The van der Waals surface area contributed by atoms with Gasteiger partial charge in [0.25, 0.3) is 0 Å². The van der Waals surface area contributed by atoms with Crippen LogP contribution in [0.1, 0.15) is 34.1 Å². The number of hydrogen-bond donors (Lipinski definition) is 3. The zero-order valence-electron chi connectivity index (χ0n) is 12.3. The third-order valence-electron chi connectivity index (χ3n) is 4.25. The summed E-state index contributed by atoms with van der Waals surface area (Å²) >= 11 is 0. The van der Waals surface area contributed by atoms with Crippen molar-refractivity contribution in [1.82, 2.24) is 15.5 Å². The number of carbonyl (C=O) groups is 1. The Balaban J connectivity index is 1.67. The maximum absolute atomic E-state index is 12.3. The number of nitrogens with one attached hydrogen (secondary N) is 2. The van der Waals surface area contributed by atoms with E-state index in [-0.39, 0.29) is 18.0 Å². The molecule has 0 bridgehead atoms. The molecule has 0 radical (unpaired) electrons. The van der Waals surface area contributed by atoms with Crippen molar-refractivity contribution in [2.24, 2.45) is 5.73 Å². The van der Waals surface area contributed by atoms with E-state index in [0.29, 0.717) is 6.42 Å². The van der Waals surface area contributed by atoms with Gasteiger partial charge in [0.2, 0.25) is 5.91 Å². The monoisotopic (exact) mass is 284 g/mol. The van der Waals surface area contributed by atoms with E-state index in [2.05, 4.69) is 21.6 Å². The fraction of sp³-hybridized carbons (Fsp3) is 0.375. The zero-order valence-corrected chi connectivity index (χ0v) is 12.3. The first-order valence-corrected chi connectivity index (χ1v) is 7.19. The first kappa shape index (κ1) is 13.8. The molecule has 0 fully saturated rings. The minimum atomic E-state index is -0.128. The van der Waals surface area contributed by atoms with Crippen molar-refractivity contribution < 1.29 is 4.79 Å². The van der Waals surface area contributed by atoms with Gasteiger partial charge in [0, 0.05) is 11.3 Å². The van der Waals surface area contributed by atoms with Crippen LogP contribution < -0.4 is 11.1 Å². The molecule has 3 rings (SSSR count). The van der Waals surface area contributed by atoms with Gasteiger partial charge < -0.3 is 11.1 Å². The molecule has 5 heteroatoms. The fourth-order valence-corrected chi connectivity index (χ4v) is 3.02. The number of amides is 1. The maximum Gasteiger partial charge on any atom is 0.224 e. The van der Waals surface area contributed by atoms with E-state index in [0.717, 1.165) is 28.9 Å². The molecule has 0 saturated carbocycles. The first-order valence-electron chi connectivity index (χ1n) is 7.19. The summed E-state index contributed by atoms with van der Waals surface area (Å²) in [4.78, 5) is 12.3. The third kappa shape index (κ3) is 2.56. The van der Waals surface area contributed by atoms with E-state index in [9.17, 15) is 4.79 Å². The largest absolute Gasteiger partial charge is 0.351 e. The fourth-order valence-electron chi connectivity index (χ4n) is 3.02. The van der Waals surface area contributed by atoms with E-state index >= 15 is 0 Å². The topological polar surface area (TPSA) is 83.8 Å². The number of hydrogen-bond acceptors (Lipinski definition) is 3. The van der Waals surface area contributed by atoms with Gasteiger partial charge in [-0.2, -0.15) is 5.10 Å². The van der Waals surface area contributed by atoms with Crippen LogP contribution in [0.25, 0.3) is 0 Å². The SMILES string of the molecule is Cc1n[nH]c(C)c1CC(=O)N[C@@H]1Cc2ccccc2[C@H]1N. The van der Waals surface area contributed by atoms with Crippen molar-refractivity contribution >= 4 is 5.91 Å². The lowest BCUT2D eigenvalue weighted by Gasteiger charge is -2.18. The van der Waals surface area contributed by atoms with Crippen LogP contribution in [0.15, 0.2) is 24.3 Å². The van der Waals surface area contributed by atoms with Gasteiger partial charge in [0.1, 0.15) is 0 Å². The number of rotatable bonds is 3. The van der Waals surface area contributed by atoms with Crippen molar-refractivity contribution in [3.05, 3.63) is 52.3 Å². The quantitative estimate of drug-likeness (QED) is 0.794. The minimum Gasteiger partial charge on any atom is -0.351 e. The maximum atomic E-state index is 12.3. The molecule has 1 aromatic carbocycles. The summed E-state index contributed by atoms with van der Waals surface area (Å²) in [6, 6.07) is 7.95. The molecule has 0 spiro atoms. The summed E-state index contributed by atoms with van der Waals surface area (Å²) in [5, 5.41) is 10.1. The lowest BCUT2D eigenvalue weighted by molar-refractivity contribution is -0.121. The second kappa shape index (κ2) is 5.33. The van der Waals surface area contributed by atoms with Gasteiger partial charge >= 0.3 is 0 Å². The van der Waals surface area contributed by atoms with Gasteiger partial charge in [0.15, 0.2) is 0 Å². The molecule has 0 saturated heterocycles. The van der Waals surface area contributed by atoms with Crippen LogP contribution in [0.4, 0.5) is 0 Å². The number of nitrogens with two attached hydrogens (primary N) is 1. The molecule has 0 unspecified atom stereocenters. The lowest BCUT2D eigenvalue weighted by atomic mass is 10.1. The predicted molar refractivity (Wildman–Crippen MR) is 80.8 cm³/mol. The van der Waals surface area contributed by atoms with Crippen molar-refractivity contribution in [2.75, 3.05) is 0 Å². The first-order chi connectivity index (χ1) is 10.1. The molecule has 2 aromatic rings. The summed E-state index contributed by atoms with van der Waals surface area (Å²) in [5.74, 6) is -0.00384. The molecule has 1 heterocycles. The molecule has 1 aliphatic rings. The molecule has 21 heavy (non-hydrogen) atoms. The Morgan fingerprint density at radius 3 is 2.86 bits per heavy atom. The van der Waals surface area contributed by atoms with Crippen LogP contribution >= 0.6 is 0 Å². The van der Waals surface area contributed by atoms with Crippen LogP contribution in [0, 0.1) is 13.8 Å². The number of benzene rings is 1. The van der Waals surface area contributed by atoms with Gasteiger partial charge in [-0.15, -0.1) is 0 Å².